The number of nitrogens with one attached hydrogen (secondary N) is 1. The van der Waals surface area contributed by atoms with Crippen LogP contribution in [0.5, 0.6) is 0 Å². The zero-order chi connectivity index (χ0) is 17.8. The number of nitrogens with zero attached hydrogens (tertiary/aromatic N) is 3. The lowest BCUT2D eigenvalue weighted by molar-refractivity contribution is -0.129. The molecule has 3 rings (SSSR count). The minimum absolute atomic E-state index is 0.0187. The van der Waals surface area contributed by atoms with E-state index >= 15 is 0 Å². The Hall–Kier alpha value is -2.63. The van der Waals surface area contributed by atoms with Crippen molar-refractivity contribution < 1.29 is 9.59 Å². The van der Waals surface area contributed by atoms with Gasteiger partial charge in [0.2, 0.25) is 5.91 Å². The largest absolute Gasteiger partial charge is 0.343 e. The topological polar surface area (TPSA) is 67.2 Å². The molecule has 0 spiro atoms. The number of carbonyl (C=O) groups excluding carboxylic acids is 2. The van der Waals surface area contributed by atoms with Crippen molar-refractivity contribution in [2.45, 2.75) is 33.1 Å². The standard InChI is InChI=1S/C19H24N4O2/c1-3-17-16(12-21-23(17)15-8-6-14(2)7-9-15)19(25)20-13-18(24)22-10-4-5-11-22/h6-9,12H,3-5,10-11,13H2,1-2H3,(H,20,25). The second-order valence-electron chi connectivity index (χ2n) is 6.38. The predicted octanol–water partition coefficient (Wildman–Crippen LogP) is 2.10. The number of aromatic nitrogens is 2. The molecule has 1 aromatic heterocycles. The van der Waals surface area contributed by atoms with Gasteiger partial charge in [0.05, 0.1) is 29.7 Å². The van der Waals surface area contributed by atoms with E-state index < -0.39 is 0 Å². The first kappa shape index (κ1) is 17.2. The Morgan fingerprint density at radius 3 is 2.48 bits per heavy atom. The van der Waals surface area contributed by atoms with Crippen molar-refractivity contribution in [3.05, 3.63) is 47.3 Å². The number of amides is 2. The number of benzene rings is 1. The fraction of sp³-hybridized carbons (Fsp3) is 0.421. The molecule has 1 aliphatic heterocycles. The minimum Gasteiger partial charge on any atom is -0.343 e. The van der Waals surface area contributed by atoms with Gasteiger partial charge in [0, 0.05) is 13.1 Å². The molecule has 6 nitrogen and oxygen atoms in total. The van der Waals surface area contributed by atoms with Crippen LogP contribution in [0, 0.1) is 6.92 Å². The molecule has 132 valence electrons. The first-order chi connectivity index (χ1) is 12.1. The highest BCUT2D eigenvalue weighted by Crippen LogP contribution is 2.16. The van der Waals surface area contributed by atoms with Crippen molar-refractivity contribution in [1.82, 2.24) is 20.0 Å². The van der Waals surface area contributed by atoms with Crippen molar-refractivity contribution in [3.63, 3.8) is 0 Å². The van der Waals surface area contributed by atoms with E-state index in [0.29, 0.717) is 12.0 Å². The molecule has 0 atom stereocenters. The van der Waals surface area contributed by atoms with Crippen LogP contribution in [0.4, 0.5) is 0 Å². The molecule has 0 unspecified atom stereocenters. The number of aryl methyl sites for hydroxylation is 1. The average molecular weight is 340 g/mol. The first-order valence-corrected chi connectivity index (χ1v) is 8.80. The van der Waals surface area contributed by atoms with Crippen molar-refractivity contribution in [2.75, 3.05) is 19.6 Å². The van der Waals surface area contributed by atoms with Crippen LogP contribution in [-0.2, 0) is 11.2 Å². The van der Waals surface area contributed by atoms with Gasteiger partial charge in [0.25, 0.3) is 5.91 Å². The number of carbonyl (C=O) groups is 2. The molecule has 2 heterocycles. The van der Waals surface area contributed by atoms with E-state index in [1.807, 2.05) is 38.1 Å². The number of hydrogen-bond donors (Lipinski definition) is 1. The third kappa shape index (κ3) is 3.73. The average Bonchev–Trinajstić information content (AvgIpc) is 3.29. The maximum Gasteiger partial charge on any atom is 0.255 e. The van der Waals surface area contributed by atoms with Crippen molar-refractivity contribution in [1.29, 1.82) is 0 Å². The van der Waals surface area contributed by atoms with Gasteiger partial charge < -0.3 is 10.2 Å². The molecule has 1 saturated heterocycles. The lowest BCUT2D eigenvalue weighted by Gasteiger charge is -2.15. The van der Waals surface area contributed by atoms with Gasteiger partial charge in [0.15, 0.2) is 0 Å². The van der Waals surface area contributed by atoms with E-state index in [2.05, 4.69) is 10.4 Å². The normalized spacial score (nSPS) is 13.9. The Bertz CT molecular complexity index is 758. The van der Waals surface area contributed by atoms with Crippen LogP contribution < -0.4 is 5.32 Å². The van der Waals surface area contributed by atoms with E-state index in [-0.39, 0.29) is 18.4 Å². The lowest BCUT2D eigenvalue weighted by atomic mass is 10.1. The molecular formula is C19H24N4O2. The number of likely N-dealkylation sites (tertiary alicyclic amines) is 1. The van der Waals surface area contributed by atoms with Crippen LogP contribution in [0.3, 0.4) is 0 Å². The quantitative estimate of drug-likeness (QED) is 0.906. The van der Waals surface area contributed by atoms with Crippen LogP contribution in [-0.4, -0.2) is 46.1 Å². The minimum atomic E-state index is -0.247. The lowest BCUT2D eigenvalue weighted by Crippen LogP contribution is -2.38. The summed E-state index contributed by atoms with van der Waals surface area (Å²) in [5.41, 5.74) is 3.47. The molecule has 1 N–H and O–H groups in total. The number of hydrogen-bond acceptors (Lipinski definition) is 3. The SMILES string of the molecule is CCc1c(C(=O)NCC(=O)N2CCCC2)cnn1-c1ccc(C)cc1. The van der Waals surface area contributed by atoms with E-state index in [0.717, 1.165) is 37.3 Å². The highest BCUT2D eigenvalue weighted by atomic mass is 16.2. The predicted molar refractivity (Wildman–Crippen MR) is 95.8 cm³/mol. The highest BCUT2D eigenvalue weighted by molar-refractivity contribution is 5.97. The summed E-state index contributed by atoms with van der Waals surface area (Å²) < 4.78 is 1.79. The van der Waals surface area contributed by atoms with Crippen LogP contribution >= 0.6 is 0 Å². The molecule has 2 amide bonds. The van der Waals surface area contributed by atoms with Gasteiger partial charge in [-0.2, -0.15) is 5.10 Å². The van der Waals surface area contributed by atoms with Crippen molar-refractivity contribution in [2.24, 2.45) is 0 Å². The monoisotopic (exact) mass is 340 g/mol. The van der Waals surface area contributed by atoms with E-state index in [4.69, 9.17) is 0 Å². The second kappa shape index (κ2) is 7.51. The molecule has 2 aromatic rings. The molecule has 6 heteroatoms. The molecule has 0 aliphatic carbocycles. The van der Waals surface area contributed by atoms with Crippen molar-refractivity contribution >= 4 is 11.8 Å². The zero-order valence-corrected chi connectivity index (χ0v) is 14.8. The Balaban J connectivity index is 1.72. The first-order valence-electron chi connectivity index (χ1n) is 8.80. The summed E-state index contributed by atoms with van der Waals surface area (Å²) in [6.07, 6.45) is 4.34. The summed E-state index contributed by atoms with van der Waals surface area (Å²) >= 11 is 0. The molecule has 1 aliphatic rings. The molecule has 0 bridgehead atoms. The van der Waals surface area contributed by atoms with Gasteiger partial charge in [-0.15, -0.1) is 0 Å². The van der Waals surface area contributed by atoms with Crippen LogP contribution in [0.1, 0.15) is 41.4 Å². The summed E-state index contributed by atoms with van der Waals surface area (Å²) in [7, 11) is 0. The van der Waals surface area contributed by atoms with E-state index in [1.54, 1.807) is 15.8 Å². The highest BCUT2D eigenvalue weighted by Gasteiger charge is 2.21. The third-order valence-electron chi connectivity index (χ3n) is 4.59. The van der Waals surface area contributed by atoms with Gasteiger partial charge in [-0.05, 0) is 38.3 Å². The van der Waals surface area contributed by atoms with E-state index in [1.165, 1.54) is 5.56 Å². The van der Waals surface area contributed by atoms with Crippen LogP contribution in [0.15, 0.2) is 30.5 Å². The van der Waals surface area contributed by atoms with Gasteiger partial charge in [-0.3, -0.25) is 9.59 Å². The van der Waals surface area contributed by atoms with Crippen molar-refractivity contribution in [3.8, 4) is 5.69 Å². The summed E-state index contributed by atoms with van der Waals surface area (Å²) in [6.45, 7) is 5.65. The van der Waals surface area contributed by atoms with Gasteiger partial charge in [-0.25, -0.2) is 4.68 Å². The summed E-state index contributed by atoms with van der Waals surface area (Å²) in [5.74, 6) is -0.266. The smallest absolute Gasteiger partial charge is 0.255 e. The van der Waals surface area contributed by atoms with Gasteiger partial charge >= 0.3 is 0 Å². The Morgan fingerprint density at radius 1 is 1.16 bits per heavy atom. The molecule has 1 aromatic carbocycles. The van der Waals surface area contributed by atoms with Gasteiger partial charge in [-0.1, -0.05) is 24.6 Å². The fourth-order valence-electron chi connectivity index (χ4n) is 3.14. The zero-order valence-electron chi connectivity index (χ0n) is 14.8. The summed E-state index contributed by atoms with van der Waals surface area (Å²) in [5, 5.41) is 7.11. The molecule has 1 fully saturated rings. The summed E-state index contributed by atoms with van der Waals surface area (Å²) in [6, 6.07) is 8.01. The van der Waals surface area contributed by atoms with Gasteiger partial charge in [0.1, 0.15) is 0 Å². The Labute approximate surface area is 147 Å². The molecular weight excluding hydrogens is 316 g/mol. The molecule has 25 heavy (non-hydrogen) atoms. The molecule has 0 radical (unpaired) electrons. The maximum absolute atomic E-state index is 12.5. The third-order valence-corrected chi connectivity index (χ3v) is 4.59. The van der Waals surface area contributed by atoms with E-state index in [9.17, 15) is 9.59 Å². The van der Waals surface area contributed by atoms with Crippen LogP contribution in [0.25, 0.3) is 5.69 Å². The maximum atomic E-state index is 12.5. The van der Waals surface area contributed by atoms with Crippen LogP contribution in [0.2, 0.25) is 0 Å². The Kier molecular flexibility index (Phi) is 5.16. The molecule has 0 saturated carbocycles. The Morgan fingerprint density at radius 2 is 1.84 bits per heavy atom. The second-order valence-corrected chi connectivity index (χ2v) is 6.38. The number of rotatable bonds is 5. The summed E-state index contributed by atoms with van der Waals surface area (Å²) in [4.78, 5) is 26.4. The fourth-order valence-corrected chi connectivity index (χ4v) is 3.14.